The lowest BCUT2D eigenvalue weighted by Crippen LogP contribution is -2.48. The molecular weight excluding hydrogens is 247 g/mol. The molecule has 2 atom stereocenters. The molecule has 0 aliphatic carbocycles. The molecule has 1 aromatic carbocycles. The molecule has 1 aromatic rings. The van der Waals surface area contributed by atoms with Gasteiger partial charge in [-0.3, -0.25) is 4.79 Å². The maximum atomic E-state index is 13.7. The Balaban J connectivity index is 2.08. The molecule has 5 heteroatoms. The minimum absolute atomic E-state index is 0.122. The first-order valence-electron chi connectivity index (χ1n) is 6.44. The van der Waals surface area contributed by atoms with Gasteiger partial charge in [-0.1, -0.05) is 18.2 Å². The number of hydrogen-bond acceptors (Lipinski definition) is 3. The molecule has 1 aliphatic rings. The molecule has 4 nitrogen and oxygen atoms in total. The van der Waals surface area contributed by atoms with Gasteiger partial charge in [-0.15, -0.1) is 0 Å². The topological polar surface area (TPSA) is 41.6 Å². The van der Waals surface area contributed by atoms with E-state index in [1.165, 1.54) is 11.0 Å². The van der Waals surface area contributed by atoms with Crippen LogP contribution < -0.4 is 5.32 Å². The van der Waals surface area contributed by atoms with E-state index < -0.39 is 6.10 Å². The van der Waals surface area contributed by atoms with Crippen molar-refractivity contribution in [3.05, 3.63) is 35.6 Å². The number of morpholine rings is 1. The van der Waals surface area contributed by atoms with Crippen molar-refractivity contribution in [1.82, 2.24) is 10.2 Å². The second kappa shape index (κ2) is 6.12. The van der Waals surface area contributed by atoms with Gasteiger partial charge in [-0.25, -0.2) is 4.39 Å². The molecule has 19 heavy (non-hydrogen) atoms. The third-order valence-electron chi connectivity index (χ3n) is 3.49. The maximum Gasteiger partial charge on any atom is 0.253 e. The monoisotopic (exact) mass is 266 g/mol. The first kappa shape index (κ1) is 14.0. The number of rotatable bonds is 3. The maximum absolute atomic E-state index is 13.7. The third-order valence-corrected chi connectivity index (χ3v) is 3.49. The Morgan fingerprint density at radius 3 is 2.89 bits per heavy atom. The summed E-state index contributed by atoms with van der Waals surface area (Å²) in [5.41, 5.74) is 0.516. The highest BCUT2D eigenvalue weighted by Crippen LogP contribution is 2.22. The Morgan fingerprint density at radius 1 is 1.53 bits per heavy atom. The Bertz CT molecular complexity index is 447. The van der Waals surface area contributed by atoms with Gasteiger partial charge in [0.05, 0.1) is 12.6 Å². The molecule has 1 saturated heterocycles. The van der Waals surface area contributed by atoms with Gasteiger partial charge in [0.25, 0.3) is 5.91 Å². The van der Waals surface area contributed by atoms with Crippen LogP contribution in [0, 0.1) is 5.82 Å². The van der Waals surface area contributed by atoms with E-state index in [-0.39, 0.29) is 17.8 Å². The van der Waals surface area contributed by atoms with Crippen LogP contribution in [0.5, 0.6) is 0 Å². The molecule has 0 bridgehead atoms. The van der Waals surface area contributed by atoms with Crippen molar-refractivity contribution in [2.75, 3.05) is 26.7 Å². The Morgan fingerprint density at radius 2 is 2.26 bits per heavy atom. The minimum Gasteiger partial charge on any atom is -0.366 e. The molecule has 0 unspecified atom stereocenters. The molecule has 1 amide bonds. The largest absolute Gasteiger partial charge is 0.366 e. The van der Waals surface area contributed by atoms with Crippen molar-refractivity contribution in [3.63, 3.8) is 0 Å². The summed E-state index contributed by atoms with van der Waals surface area (Å²) in [6, 6.07) is 6.19. The van der Waals surface area contributed by atoms with E-state index in [0.29, 0.717) is 18.7 Å². The average molecular weight is 266 g/mol. The van der Waals surface area contributed by atoms with Crippen LogP contribution in [-0.2, 0) is 9.53 Å². The standard InChI is InChI=1S/C14H19FN2O2/c1-10(11-5-3-4-6-12(11)15)17(2)14(18)13-9-16-7-8-19-13/h3-6,10,13,16H,7-9H2,1-2H3/t10-,13-/m0/s1. The van der Waals surface area contributed by atoms with E-state index in [1.807, 2.05) is 6.92 Å². The Hall–Kier alpha value is -1.46. The second-order valence-corrected chi connectivity index (χ2v) is 4.71. The number of amides is 1. The molecule has 1 heterocycles. The fourth-order valence-corrected chi connectivity index (χ4v) is 2.16. The highest BCUT2D eigenvalue weighted by atomic mass is 19.1. The smallest absolute Gasteiger partial charge is 0.253 e. The predicted octanol–water partition coefficient (Wildman–Crippen LogP) is 1.33. The number of likely N-dealkylation sites (N-methyl/N-ethyl adjacent to an activating group) is 1. The van der Waals surface area contributed by atoms with Crippen molar-refractivity contribution < 1.29 is 13.9 Å². The lowest BCUT2D eigenvalue weighted by molar-refractivity contribution is -0.145. The highest BCUT2D eigenvalue weighted by Gasteiger charge is 2.28. The van der Waals surface area contributed by atoms with Gasteiger partial charge < -0.3 is 15.0 Å². The molecule has 0 aromatic heterocycles. The normalized spacial score (nSPS) is 20.9. The zero-order valence-corrected chi connectivity index (χ0v) is 11.2. The van der Waals surface area contributed by atoms with Crippen LogP contribution >= 0.6 is 0 Å². The van der Waals surface area contributed by atoms with E-state index in [1.54, 1.807) is 25.2 Å². The number of hydrogen-bond donors (Lipinski definition) is 1. The number of nitrogens with zero attached hydrogens (tertiary/aromatic N) is 1. The van der Waals surface area contributed by atoms with Crippen molar-refractivity contribution in [2.24, 2.45) is 0 Å². The number of carbonyl (C=O) groups is 1. The summed E-state index contributed by atoms with van der Waals surface area (Å²) < 4.78 is 19.2. The van der Waals surface area contributed by atoms with Gasteiger partial charge in [0.1, 0.15) is 11.9 Å². The molecular formula is C14H19FN2O2. The van der Waals surface area contributed by atoms with Crippen LogP contribution in [-0.4, -0.2) is 43.7 Å². The Labute approximate surface area is 112 Å². The predicted molar refractivity (Wildman–Crippen MR) is 70.2 cm³/mol. The summed E-state index contributed by atoms with van der Waals surface area (Å²) in [5, 5.41) is 3.11. The van der Waals surface area contributed by atoms with Crippen LogP contribution in [0.3, 0.4) is 0 Å². The van der Waals surface area contributed by atoms with Crippen molar-refractivity contribution in [3.8, 4) is 0 Å². The van der Waals surface area contributed by atoms with Gasteiger partial charge >= 0.3 is 0 Å². The minimum atomic E-state index is -0.479. The zero-order chi connectivity index (χ0) is 13.8. The summed E-state index contributed by atoms with van der Waals surface area (Å²) in [7, 11) is 1.68. The van der Waals surface area contributed by atoms with Gasteiger partial charge in [-0.2, -0.15) is 0 Å². The lowest BCUT2D eigenvalue weighted by Gasteiger charge is -2.31. The van der Waals surface area contributed by atoms with Crippen LogP contribution in [0.2, 0.25) is 0 Å². The van der Waals surface area contributed by atoms with Crippen molar-refractivity contribution in [2.45, 2.75) is 19.1 Å². The second-order valence-electron chi connectivity index (χ2n) is 4.71. The van der Waals surface area contributed by atoms with Crippen LogP contribution in [0.25, 0.3) is 0 Å². The van der Waals surface area contributed by atoms with Gasteiger partial charge in [0.2, 0.25) is 0 Å². The number of nitrogens with one attached hydrogen (secondary N) is 1. The van der Waals surface area contributed by atoms with E-state index in [4.69, 9.17) is 4.74 Å². The zero-order valence-electron chi connectivity index (χ0n) is 11.2. The number of halogens is 1. The number of ether oxygens (including phenoxy) is 1. The quantitative estimate of drug-likeness (QED) is 0.897. The number of benzene rings is 1. The Kier molecular flexibility index (Phi) is 4.50. The fourth-order valence-electron chi connectivity index (χ4n) is 2.16. The van der Waals surface area contributed by atoms with Gasteiger partial charge in [-0.05, 0) is 13.0 Å². The van der Waals surface area contributed by atoms with Crippen molar-refractivity contribution in [1.29, 1.82) is 0 Å². The highest BCUT2D eigenvalue weighted by molar-refractivity contribution is 5.81. The summed E-state index contributed by atoms with van der Waals surface area (Å²) in [4.78, 5) is 13.8. The third kappa shape index (κ3) is 3.11. The average Bonchev–Trinajstić information content (AvgIpc) is 2.46. The summed E-state index contributed by atoms with van der Waals surface area (Å²) in [6.07, 6.45) is -0.479. The molecule has 2 rings (SSSR count). The van der Waals surface area contributed by atoms with Crippen molar-refractivity contribution >= 4 is 5.91 Å². The first-order chi connectivity index (χ1) is 9.11. The lowest BCUT2D eigenvalue weighted by atomic mass is 10.1. The van der Waals surface area contributed by atoms with E-state index in [2.05, 4.69) is 5.32 Å². The van der Waals surface area contributed by atoms with Crippen LogP contribution in [0.15, 0.2) is 24.3 Å². The number of carbonyl (C=O) groups excluding carboxylic acids is 1. The van der Waals surface area contributed by atoms with Crippen LogP contribution in [0.1, 0.15) is 18.5 Å². The summed E-state index contributed by atoms with van der Waals surface area (Å²) in [6.45, 7) is 3.61. The molecule has 0 radical (unpaired) electrons. The first-order valence-corrected chi connectivity index (χ1v) is 6.44. The molecule has 1 fully saturated rings. The van der Waals surface area contributed by atoms with Crippen LogP contribution in [0.4, 0.5) is 4.39 Å². The molecule has 0 spiro atoms. The SMILES string of the molecule is C[C@@H](c1ccccc1F)N(C)C(=O)[C@@H]1CNCCO1. The van der Waals surface area contributed by atoms with Gasteiger partial charge in [0.15, 0.2) is 0 Å². The molecule has 1 N–H and O–H groups in total. The van der Waals surface area contributed by atoms with Gasteiger partial charge in [0, 0.05) is 25.7 Å². The fraction of sp³-hybridized carbons (Fsp3) is 0.500. The van der Waals surface area contributed by atoms with E-state index >= 15 is 0 Å². The molecule has 104 valence electrons. The van der Waals surface area contributed by atoms with E-state index in [0.717, 1.165) is 6.54 Å². The molecule has 0 saturated carbocycles. The summed E-state index contributed by atoms with van der Waals surface area (Å²) >= 11 is 0. The molecule has 1 aliphatic heterocycles. The van der Waals surface area contributed by atoms with E-state index in [9.17, 15) is 9.18 Å². The summed E-state index contributed by atoms with van der Waals surface area (Å²) in [5.74, 6) is -0.416.